The topological polar surface area (TPSA) is 68.5 Å². The zero-order valence-electron chi connectivity index (χ0n) is 12.4. The minimum atomic E-state index is 0.0242. The van der Waals surface area contributed by atoms with Gasteiger partial charge in [-0.05, 0) is 24.5 Å². The number of hydrogen-bond donors (Lipinski definition) is 1. The van der Waals surface area contributed by atoms with Gasteiger partial charge >= 0.3 is 0 Å². The van der Waals surface area contributed by atoms with E-state index in [1.165, 1.54) is 0 Å². The third-order valence-electron chi connectivity index (χ3n) is 3.66. The van der Waals surface area contributed by atoms with E-state index in [0.717, 1.165) is 12.1 Å². The van der Waals surface area contributed by atoms with Crippen LogP contribution in [-0.4, -0.2) is 41.6 Å². The lowest BCUT2D eigenvalue weighted by Gasteiger charge is -2.35. The summed E-state index contributed by atoms with van der Waals surface area (Å²) in [4.78, 5) is 18.9. The third kappa shape index (κ3) is 3.10. The number of morpholine rings is 1. The van der Waals surface area contributed by atoms with E-state index in [2.05, 4.69) is 11.9 Å². The SMILES string of the molecule is CCC1COCCN1C(=O)c1cc(N)nc(C(C)C)c1. The number of ether oxygens (including phenoxy) is 1. The van der Waals surface area contributed by atoms with Gasteiger partial charge in [0.2, 0.25) is 0 Å². The first kappa shape index (κ1) is 14.8. The van der Waals surface area contributed by atoms with Crippen molar-refractivity contribution < 1.29 is 9.53 Å². The van der Waals surface area contributed by atoms with Gasteiger partial charge in [-0.2, -0.15) is 0 Å². The zero-order chi connectivity index (χ0) is 14.7. The highest BCUT2D eigenvalue weighted by atomic mass is 16.5. The van der Waals surface area contributed by atoms with Crippen LogP contribution in [0.5, 0.6) is 0 Å². The second-order valence-corrected chi connectivity index (χ2v) is 5.50. The average Bonchev–Trinajstić information content (AvgIpc) is 2.45. The molecule has 0 saturated carbocycles. The molecule has 1 aliphatic heterocycles. The van der Waals surface area contributed by atoms with Gasteiger partial charge in [0, 0.05) is 17.8 Å². The lowest BCUT2D eigenvalue weighted by molar-refractivity contribution is -0.00280. The number of aromatic nitrogens is 1. The average molecular weight is 277 g/mol. The maximum absolute atomic E-state index is 12.7. The maximum atomic E-state index is 12.7. The highest BCUT2D eigenvalue weighted by Gasteiger charge is 2.27. The summed E-state index contributed by atoms with van der Waals surface area (Å²) >= 11 is 0. The van der Waals surface area contributed by atoms with Crippen molar-refractivity contribution in [2.45, 2.75) is 39.2 Å². The Morgan fingerprint density at radius 1 is 1.55 bits per heavy atom. The van der Waals surface area contributed by atoms with Crippen molar-refractivity contribution >= 4 is 11.7 Å². The van der Waals surface area contributed by atoms with E-state index in [9.17, 15) is 4.79 Å². The smallest absolute Gasteiger partial charge is 0.254 e. The van der Waals surface area contributed by atoms with Crippen LogP contribution in [0.1, 0.15) is 49.2 Å². The molecule has 1 fully saturated rings. The summed E-state index contributed by atoms with van der Waals surface area (Å²) in [6.45, 7) is 8.00. The van der Waals surface area contributed by atoms with Crippen molar-refractivity contribution in [3.8, 4) is 0 Å². The van der Waals surface area contributed by atoms with Crippen LogP contribution < -0.4 is 5.73 Å². The van der Waals surface area contributed by atoms with E-state index >= 15 is 0 Å². The van der Waals surface area contributed by atoms with Gasteiger partial charge in [0.25, 0.3) is 5.91 Å². The molecule has 0 spiro atoms. The largest absolute Gasteiger partial charge is 0.384 e. The van der Waals surface area contributed by atoms with Gasteiger partial charge in [0.15, 0.2) is 0 Å². The summed E-state index contributed by atoms with van der Waals surface area (Å²) in [6, 6.07) is 3.66. The quantitative estimate of drug-likeness (QED) is 0.918. The molecule has 1 saturated heterocycles. The fourth-order valence-corrected chi connectivity index (χ4v) is 2.42. The Hall–Kier alpha value is -1.62. The normalized spacial score (nSPS) is 19.4. The maximum Gasteiger partial charge on any atom is 0.254 e. The summed E-state index contributed by atoms with van der Waals surface area (Å²) in [7, 11) is 0. The van der Waals surface area contributed by atoms with Crippen molar-refractivity contribution in [1.82, 2.24) is 9.88 Å². The van der Waals surface area contributed by atoms with Gasteiger partial charge in [-0.1, -0.05) is 20.8 Å². The van der Waals surface area contributed by atoms with Gasteiger partial charge < -0.3 is 15.4 Å². The van der Waals surface area contributed by atoms with Gasteiger partial charge in [-0.3, -0.25) is 4.79 Å². The first-order chi connectivity index (χ1) is 9.52. The lowest BCUT2D eigenvalue weighted by Crippen LogP contribution is -2.48. The molecule has 2 rings (SSSR count). The second kappa shape index (κ2) is 6.22. The highest BCUT2D eigenvalue weighted by molar-refractivity contribution is 5.95. The van der Waals surface area contributed by atoms with Crippen LogP contribution in [0.3, 0.4) is 0 Å². The molecular weight excluding hydrogens is 254 g/mol. The monoisotopic (exact) mass is 277 g/mol. The van der Waals surface area contributed by atoms with Crippen LogP contribution in [0.2, 0.25) is 0 Å². The van der Waals surface area contributed by atoms with Crippen LogP contribution in [0.4, 0.5) is 5.82 Å². The zero-order valence-corrected chi connectivity index (χ0v) is 12.4. The Kier molecular flexibility index (Phi) is 4.60. The van der Waals surface area contributed by atoms with E-state index < -0.39 is 0 Å². The number of nitrogens with zero attached hydrogens (tertiary/aromatic N) is 2. The molecule has 0 aliphatic carbocycles. The molecular formula is C15H23N3O2. The molecule has 0 bridgehead atoms. The molecule has 2 N–H and O–H groups in total. The first-order valence-electron chi connectivity index (χ1n) is 7.19. The number of pyridine rings is 1. The molecule has 0 aromatic carbocycles. The standard InChI is InChI=1S/C15H23N3O2/c1-4-12-9-20-6-5-18(12)15(19)11-7-13(10(2)3)17-14(16)8-11/h7-8,10,12H,4-6,9H2,1-3H3,(H2,16,17). The van der Waals surface area contributed by atoms with Crippen molar-refractivity contribution in [1.29, 1.82) is 0 Å². The highest BCUT2D eigenvalue weighted by Crippen LogP contribution is 2.20. The number of hydrogen-bond acceptors (Lipinski definition) is 4. The van der Waals surface area contributed by atoms with E-state index in [4.69, 9.17) is 10.5 Å². The third-order valence-corrected chi connectivity index (χ3v) is 3.66. The molecule has 1 unspecified atom stereocenters. The number of anilines is 1. The van der Waals surface area contributed by atoms with Gasteiger partial charge in [0.05, 0.1) is 19.3 Å². The summed E-state index contributed by atoms with van der Waals surface area (Å²) < 4.78 is 5.44. The number of nitrogens with two attached hydrogens (primary N) is 1. The Morgan fingerprint density at radius 2 is 2.30 bits per heavy atom. The van der Waals surface area contributed by atoms with Crippen LogP contribution in [0, 0.1) is 0 Å². The van der Waals surface area contributed by atoms with E-state index in [-0.39, 0.29) is 17.9 Å². The number of amides is 1. The molecule has 1 atom stereocenters. The molecule has 5 heteroatoms. The van der Waals surface area contributed by atoms with Crippen LogP contribution in [0.25, 0.3) is 0 Å². The van der Waals surface area contributed by atoms with E-state index in [0.29, 0.717) is 31.1 Å². The summed E-state index contributed by atoms with van der Waals surface area (Å²) in [5.41, 5.74) is 7.31. The number of carbonyl (C=O) groups excluding carboxylic acids is 1. The summed E-state index contributed by atoms with van der Waals surface area (Å²) in [5, 5.41) is 0. The molecule has 2 heterocycles. The van der Waals surface area contributed by atoms with Gasteiger partial charge in [0.1, 0.15) is 5.82 Å². The van der Waals surface area contributed by atoms with Crippen molar-refractivity contribution in [3.63, 3.8) is 0 Å². The Morgan fingerprint density at radius 3 is 2.95 bits per heavy atom. The predicted molar refractivity (Wildman–Crippen MR) is 78.7 cm³/mol. The molecule has 1 aromatic rings. The molecule has 5 nitrogen and oxygen atoms in total. The second-order valence-electron chi connectivity index (χ2n) is 5.50. The molecule has 0 radical (unpaired) electrons. The molecule has 20 heavy (non-hydrogen) atoms. The Bertz CT molecular complexity index is 488. The molecule has 1 aromatic heterocycles. The fraction of sp³-hybridized carbons (Fsp3) is 0.600. The number of nitrogen functional groups attached to an aromatic ring is 1. The minimum absolute atomic E-state index is 0.0242. The van der Waals surface area contributed by atoms with Crippen LogP contribution >= 0.6 is 0 Å². The Labute approximate surface area is 120 Å². The van der Waals surface area contributed by atoms with Crippen LogP contribution in [0.15, 0.2) is 12.1 Å². The molecule has 110 valence electrons. The first-order valence-corrected chi connectivity index (χ1v) is 7.19. The van der Waals surface area contributed by atoms with Crippen molar-refractivity contribution in [2.75, 3.05) is 25.5 Å². The Balaban J connectivity index is 2.27. The van der Waals surface area contributed by atoms with Gasteiger partial charge in [-0.15, -0.1) is 0 Å². The number of carbonyl (C=O) groups is 1. The van der Waals surface area contributed by atoms with E-state index in [1.807, 2.05) is 24.8 Å². The van der Waals surface area contributed by atoms with Gasteiger partial charge in [-0.25, -0.2) is 4.98 Å². The lowest BCUT2D eigenvalue weighted by atomic mass is 10.1. The summed E-state index contributed by atoms with van der Waals surface area (Å²) in [5.74, 6) is 0.675. The summed E-state index contributed by atoms with van der Waals surface area (Å²) in [6.07, 6.45) is 0.892. The van der Waals surface area contributed by atoms with Crippen molar-refractivity contribution in [2.24, 2.45) is 0 Å². The van der Waals surface area contributed by atoms with Crippen molar-refractivity contribution in [3.05, 3.63) is 23.4 Å². The minimum Gasteiger partial charge on any atom is -0.384 e. The fourth-order valence-electron chi connectivity index (χ4n) is 2.42. The number of rotatable bonds is 3. The van der Waals surface area contributed by atoms with Crippen LogP contribution in [-0.2, 0) is 4.74 Å². The van der Waals surface area contributed by atoms with E-state index in [1.54, 1.807) is 6.07 Å². The predicted octanol–water partition coefficient (Wildman–Crippen LogP) is 2.04. The molecule has 1 aliphatic rings. The molecule has 1 amide bonds.